The maximum atomic E-state index is 11.7. The third-order valence-electron chi connectivity index (χ3n) is 3.32. The fourth-order valence-electron chi connectivity index (χ4n) is 1.82. The molecule has 0 radical (unpaired) electrons. The van der Waals surface area contributed by atoms with Crippen molar-refractivity contribution in [2.75, 3.05) is 14.1 Å². The third kappa shape index (κ3) is 5.78. The van der Waals surface area contributed by atoms with Gasteiger partial charge in [-0.05, 0) is 37.5 Å². The normalized spacial score (nSPS) is 18.5. The third-order valence-corrected chi connectivity index (χ3v) is 4.51. The first-order valence-corrected chi connectivity index (χ1v) is 7.74. The van der Waals surface area contributed by atoms with Crippen LogP contribution in [0.15, 0.2) is 10.2 Å². The van der Waals surface area contributed by atoms with Gasteiger partial charge in [-0.15, -0.1) is 0 Å². The standard InChI is InChI=1S/C13H20N4O2S2.Ni/c1-16(12(20)8-3-4-8)14-10(18)7-11(19)15-17(2)13(21)9-5-6-9;/h8-9H,3-7H2,1-2H3,(H,14,18)(H,15,19);/q;+2/p-2. The molecule has 124 valence electrons. The predicted octanol–water partition coefficient (Wildman–Crippen LogP) is 0.0600. The minimum absolute atomic E-state index is 0. The number of thiocarbonyl (C=S) groups is 2. The summed E-state index contributed by atoms with van der Waals surface area (Å²) in [4.78, 5) is 1.31. The van der Waals surface area contributed by atoms with Crippen molar-refractivity contribution < 1.29 is 26.7 Å². The molecule has 2 fully saturated rings. The van der Waals surface area contributed by atoms with Gasteiger partial charge in [-0.1, -0.05) is 24.4 Å². The van der Waals surface area contributed by atoms with E-state index in [0.717, 1.165) is 25.7 Å². The van der Waals surface area contributed by atoms with Crippen molar-refractivity contribution in [2.45, 2.75) is 32.1 Å². The van der Waals surface area contributed by atoms with Crippen LogP contribution in [0.5, 0.6) is 0 Å². The van der Waals surface area contributed by atoms with Gasteiger partial charge in [-0.2, -0.15) is 10.2 Å². The summed E-state index contributed by atoms with van der Waals surface area (Å²) >= 11 is 10.4. The van der Waals surface area contributed by atoms with Gasteiger partial charge < -0.3 is 10.2 Å². The summed E-state index contributed by atoms with van der Waals surface area (Å²) < 4.78 is 0. The molecule has 22 heavy (non-hydrogen) atoms. The first-order chi connectivity index (χ1) is 9.88. The van der Waals surface area contributed by atoms with Gasteiger partial charge in [0, 0.05) is 32.4 Å². The molecule has 0 unspecified atom stereocenters. The zero-order valence-electron chi connectivity index (χ0n) is 12.4. The van der Waals surface area contributed by atoms with Crippen LogP contribution in [0.1, 0.15) is 32.1 Å². The second kappa shape index (κ2) is 8.17. The van der Waals surface area contributed by atoms with E-state index in [-0.39, 0.29) is 22.9 Å². The summed E-state index contributed by atoms with van der Waals surface area (Å²) in [7, 11) is 3.27. The first-order valence-electron chi connectivity index (χ1n) is 6.92. The monoisotopic (exact) mass is 384 g/mol. The van der Waals surface area contributed by atoms with E-state index in [9.17, 15) is 10.2 Å². The Morgan fingerprint density at radius 1 is 0.909 bits per heavy atom. The van der Waals surface area contributed by atoms with Crippen molar-refractivity contribution in [3.8, 4) is 0 Å². The van der Waals surface area contributed by atoms with E-state index in [4.69, 9.17) is 24.4 Å². The smallest absolute Gasteiger partial charge is 0.860 e. The van der Waals surface area contributed by atoms with Crippen LogP contribution in [0.2, 0.25) is 0 Å². The molecule has 0 aromatic heterocycles. The first kappa shape index (κ1) is 19.3. The summed E-state index contributed by atoms with van der Waals surface area (Å²) in [6.07, 6.45) is 3.82. The van der Waals surface area contributed by atoms with Gasteiger partial charge >= 0.3 is 16.5 Å². The van der Waals surface area contributed by atoms with Crippen LogP contribution < -0.4 is 10.2 Å². The fraction of sp³-hybridized carbons (Fsp3) is 0.692. The van der Waals surface area contributed by atoms with Gasteiger partial charge in [0.1, 0.15) is 9.98 Å². The zero-order chi connectivity index (χ0) is 15.6. The van der Waals surface area contributed by atoms with Gasteiger partial charge in [0.15, 0.2) is 0 Å². The topological polar surface area (TPSA) is 77.3 Å². The number of hydrogen-bond acceptors (Lipinski definition) is 6. The van der Waals surface area contributed by atoms with Gasteiger partial charge in [-0.3, -0.25) is 10.0 Å². The Hall–Kier alpha value is -0.786. The summed E-state index contributed by atoms with van der Waals surface area (Å²) in [6.45, 7) is 0. The van der Waals surface area contributed by atoms with Crippen molar-refractivity contribution in [3.63, 3.8) is 0 Å². The largest absolute Gasteiger partial charge is 2.00 e. The average molecular weight is 385 g/mol. The van der Waals surface area contributed by atoms with Gasteiger partial charge in [0.05, 0.1) is 0 Å². The van der Waals surface area contributed by atoms with E-state index in [0.29, 0.717) is 21.8 Å². The Labute approximate surface area is 151 Å². The molecule has 2 rings (SSSR count). The second-order valence-electron chi connectivity index (χ2n) is 5.44. The quantitative estimate of drug-likeness (QED) is 0.212. The summed E-state index contributed by atoms with van der Waals surface area (Å²) in [6, 6.07) is 0. The second-order valence-corrected chi connectivity index (χ2v) is 6.27. The van der Waals surface area contributed by atoms with Crippen LogP contribution in [0.25, 0.3) is 0 Å². The zero-order valence-corrected chi connectivity index (χ0v) is 15.0. The summed E-state index contributed by atoms with van der Waals surface area (Å²) in [5, 5.41) is 33.8. The van der Waals surface area contributed by atoms with Crippen molar-refractivity contribution in [1.82, 2.24) is 10.0 Å². The van der Waals surface area contributed by atoms with E-state index >= 15 is 0 Å². The fourth-order valence-corrected chi connectivity index (χ4v) is 2.38. The maximum absolute atomic E-state index is 11.7. The SMILES string of the molecule is CN(/N=C(\[O-])C/C([O-])=N/N(C)C(=S)C1CC1)C(=S)C1CC1.[Ni+2]. The molecule has 0 atom stereocenters. The van der Waals surface area contributed by atoms with E-state index in [1.165, 1.54) is 10.0 Å². The summed E-state index contributed by atoms with van der Waals surface area (Å²) in [5.41, 5.74) is 0. The molecule has 9 heteroatoms. The minimum atomic E-state index is -0.542. The van der Waals surface area contributed by atoms with Crippen molar-refractivity contribution in [2.24, 2.45) is 22.0 Å². The van der Waals surface area contributed by atoms with Crippen LogP contribution in [-0.2, 0) is 16.5 Å². The molecular formula is C13H18N4NiO2S2. The molecule has 0 aromatic rings. The molecule has 0 bridgehead atoms. The van der Waals surface area contributed by atoms with Crippen LogP contribution >= 0.6 is 24.4 Å². The van der Waals surface area contributed by atoms with E-state index < -0.39 is 11.8 Å². The number of rotatable bonds is 6. The van der Waals surface area contributed by atoms with E-state index in [1.54, 1.807) is 14.1 Å². The Bertz CT molecular complexity index is 460. The molecule has 0 amide bonds. The number of nitrogens with zero attached hydrogens (tertiary/aromatic N) is 4. The number of hydrogen-bond donors (Lipinski definition) is 0. The van der Waals surface area contributed by atoms with Crippen LogP contribution in [0.3, 0.4) is 0 Å². The number of hydrazone groups is 2. The molecule has 2 saturated carbocycles. The Kier molecular flexibility index (Phi) is 7.16. The summed E-state index contributed by atoms with van der Waals surface area (Å²) in [5.74, 6) is -0.382. The van der Waals surface area contributed by atoms with Crippen LogP contribution in [0.4, 0.5) is 0 Å². The molecule has 2 aliphatic carbocycles. The van der Waals surface area contributed by atoms with Crippen molar-refractivity contribution in [3.05, 3.63) is 0 Å². The molecular weight excluding hydrogens is 367 g/mol. The van der Waals surface area contributed by atoms with Gasteiger partial charge in [0.2, 0.25) is 0 Å². The van der Waals surface area contributed by atoms with Gasteiger partial charge in [0.25, 0.3) is 0 Å². The molecule has 0 spiro atoms. The molecule has 2 aliphatic rings. The van der Waals surface area contributed by atoms with Crippen molar-refractivity contribution >= 4 is 46.2 Å². The Morgan fingerprint density at radius 2 is 1.23 bits per heavy atom. The van der Waals surface area contributed by atoms with Crippen LogP contribution in [0, 0.1) is 11.8 Å². The van der Waals surface area contributed by atoms with Gasteiger partial charge in [-0.25, -0.2) is 0 Å². The molecule has 0 aliphatic heterocycles. The van der Waals surface area contributed by atoms with E-state index in [2.05, 4.69) is 10.2 Å². The molecule has 0 saturated heterocycles. The maximum Gasteiger partial charge on any atom is 2.00 e. The molecule has 0 N–H and O–H groups in total. The van der Waals surface area contributed by atoms with Crippen molar-refractivity contribution in [1.29, 1.82) is 0 Å². The van der Waals surface area contributed by atoms with Crippen LogP contribution in [-0.4, -0.2) is 45.9 Å². The molecule has 0 aromatic carbocycles. The minimum Gasteiger partial charge on any atom is -0.860 e. The Morgan fingerprint density at radius 3 is 1.50 bits per heavy atom. The van der Waals surface area contributed by atoms with E-state index in [1.807, 2.05) is 0 Å². The molecule has 0 heterocycles. The molecule has 6 nitrogen and oxygen atoms in total. The average Bonchev–Trinajstić information content (AvgIpc) is 3.29. The predicted molar refractivity (Wildman–Crippen MR) is 85.7 cm³/mol. The Balaban J connectivity index is 0.00000242.